The molecule has 8 nitrogen and oxygen atoms in total. The lowest BCUT2D eigenvalue weighted by molar-refractivity contribution is -0.138. The first kappa shape index (κ1) is 30.2. The number of nitrogens with one attached hydrogen (secondary N) is 2. The number of amides is 1. The molecule has 3 heterocycles. The summed E-state index contributed by atoms with van der Waals surface area (Å²) in [5.74, 6) is 0.00195. The standard InChI is InChI=1S/C32H33F3N6O2S/c1-19-3-5-21(15-26(19)39-31(43)24-17-44-29-28(24)36-18-37-30(29)38-23-7-8-23)27(42)14-20-4-6-22(25(13-20)32(33,34)35)16-41-11-9-40(2)10-12-41/h3-6,13,15,17-18,23H,7-12,14,16H2,1-2H3,(H,39,43)(H,36,37,38). The van der Waals surface area contributed by atoms with Crippen LogP contribution in [-0.4, -0.2) is 70.7 Å². The third-order valence-electron chi connectivity index (χ3n) is 8.16. The maximum Gasteiger partial charge on any atom is 0.416 e. The summed E-state index contributed by atoms with van der Waals surface area (Å²) in [6, 6.07) is 9.51. The van der Waals surface area contributed by atoms with Gasteiger partial charge in [0.05, 0.1) is 21.3 Å². The molecule has 2 aliphatic rings. The number of anilines is 2. The number of piperazine rings is 1. The van der Waals surface area contributed by atoms with Crippen molar-refractivity contribution in [3.63, 3.8) is 0 Å². The highest BCUT2D eigenvalue weighted by Crippen LogP contribution is 2.35. The van der Waals surface area contributed by atoms with Gasteiger partial charge in [-0.05, 0) is 55.6 Å². The first-order chi connectivity index (χ1) is 21.0. The maximum atomic E-state index is 14.1. The number of Topliss-reactive ketones (excluding diaryl/α,β-unsaturated/α-hetero) is 1. The molecule has 2 fully saturated rings. The van der Waals surface area contributed by atoms with E-state index < -0.39 is 11.7 Å². The van der Waals surface area contributed by atoms with Crippen LogP contribution in [-0.2, 0) is 19.1 Å². The van der Waals surface area contributed by atoms with E-state index in [1.165, 1.54) is 23.7 Å². The predicted molar refractivity (Wildman–Crippen MR) is 165 cm³/mol. The molecule has 0 unspecified atom stereocenters. The van der Waals surface area contributed by atoms with Crippen molar-refractivity contribution < 1.29 is 22.8 Å². The number of halogens is 3. The Hall–Kier alpha value is -3.87. The number of hydrogen-bond donors (Lipinski definition) is 2. The van der Waals surface area contributed by atoms with Gasteiger partial charge in [-0.15, -0.1) is 11.3 Å². The summed E-state index contributed by atoms with van der Waals surface area (Å²) in [5, 5.41) is 8.00. The van der Waals surface area contributed by atoms with Crippen LogP contribution in [0.1, 0.15) is 55.8 Å². The number of likely N-dealkylation sites (N-methyl/N-ethyl adjacent to an activating group) is 1. The zero-order valence-corrected chi connectivity index (χ0v) is 25.3. The third-order valence-corrected chi connectivity index (χ3v) is 9.13. The number of aromatic nitrogens is 2. The molecule has 2 aromatic heterocycles. The van der Waals surface area contributed by atoms with Crippen LogP contribution in [0.5, 0.6) is 0 Å². The molecule has 1 saturated heterocycles. The van der Waals surface area contributed by atoms with Gasteiger partial charge in [-0.25, -0.2) is 9.97 Å². The van der Waals surface area contributed by atoms with Crippen molar-refractivity contribution in [1.29, 1.82) is 0 Å². The first-order valence-corrected chi connectivity index (χ1v) is 15.5. The van der Waals surface area contributed by atoms with Crippen LogP contribution >= 0.6 is 11.3 Å². The Kier molecular flexibility index (Phi) is 8.40. The largest absolute Gasteiger partial charge is 0.416 e. The van der Waals surface area contributed by atoms with Crippen molar-refractivity contribution in [2.75, 3.05) is 43.9 Å². The van der Waals surface area contributed by atoms with Crippen LogP contribution in [0.3, 0.4) is 0 Å². The van der Waals surface area contributed by atoms with Crippen LogP contribution in [0.4, 0.5) is 24.7 Å². The molecule has 0 radical (unpaired) electrons. The molecule has 6 rings (SSSR count). The topological polar surface area (TPSA) is 90.5 Å². The molecule has 230 valence electrons. The van der Waals surface area contributed by atoms with Gasteiger partial charge in [-0.3, -0.25) is 14.5 Å². The van der Waals surface area contributed by atoms with Gasteiger partial charge in [0.15, 0.2) is 5.78 Å². The summed E-state index contributed by atoms with van der Waals surface area (Å²) < 4.78 is 43.0. The van der Waals surface area contributed by atoms with Gasteiger partial charge in [0.2, 0.25) is 0 Å². The van der Waals surface area contributed by atoms with E-state index in [4.69, 9.17) is 0 Å². The number of benzene rings is 2. The molecule has 4 aromatic rings. The summed E-state index contributed by atoms with van der Waals surface area (Å²) in [7, 11) is 2.00. The fourth-order valence-electron chi connectivity index (χ4n) is 5.33. The maximum absolute atomic E-state index is 14.1. The number of aryl methyl sites for hydroxylation is 1. The summed E-state index contributed by atoms with van der Waals surface area (Å²) >= 11 is 1.39. The molecule has 0 bridgehead atoms. The first-order valence-electron chi connectivity index (χ1n) is 14.6. The highest BCUT2D eigenvalue weighted by atomic mass is 32.1. The minimum Gasteiger partial charge on any atom is -0.366 e. The SMILES string of the molecule is Cc1ccc(C(=O)Cc2ccc(CN3CCN(C)CC3)c(C(F)(F)F)c2)cc1NC(=O)c1csc2c(NC3CC3)ncnc12. The Bertz CT molecular complexity index is 1710. The van der Waals surface area contributed by atoms with Crippen LogP contribution in [0, 0.1) is 6.92 Å². The third kappa shape index (κ3) is 6.77. The normalized spacial score (nSPS) is 16.3. The van der Waals surface area contributed by atoms with Crippen molar-refractivity contribution in [3.8, 4) is 0 Å². The van der Waals surface area contributed by atoms with Gasteiger partial charge in [0, 0.05) is 61.8 Å². The summed E-state index contributed by atoms with van der Waals surface area (Å²) in [5.41, 5.74) is 2.23. The van der Waals surface area contributed by atoms with Crippen molar-refractivity contribution >= 4 is 44.7 Å². The van der Waals surface area contributed by atoms with Crippen LogP contribution in [0.15, 0.2) is 48.1 Å². The van der Waals surface area contributed by atoms with Gasteiger partial charge in [0.25, 0.3) is 5.91 Å². The second-order valence-electron chi connectivity index (χ2n) is 11.6. The van der Waals surface area contributed by atoms with Crippen LogP contribution < -0.4 is 10.6 Å². The minimum absolute atomic E-state index is 0.197. The molecule has 0 atom stereocenters. The number of thiophene rings is 1. The van der Waals surface area contributed by atoms with Gasteiger partial charge >= 0.3 is 6.18 Å². The van der Waals surface area contributed by atoms with Crippen molar-refractivity contribution in [3.05, 3.63) is 81.5 Å². The summed E-state index contributed by atoms with van der Waals surface area (Å²) in [6.45, 7) is 5.05. The fourth-order valence-corrected chi connectivity index (χ4v) is 6.28. The lowest BCUT2D eigenvalue weighted by atomic mass is 9.97. The van der Waals surface area contributed by atoms with Gasteiger partial charge < -0.3 is 15.5 Å². The minimum atomic E-state index is -4.53. The van der Waals surface area contributed by atoms with E-state index in [9.17, 15) is 22.8 Å². The number of fused-ring (bicyclic) bond motifs is 1. The Balaban J connectivity index is 1.17. The highest BCUT2D eigenvalue weighted by molar-refractivity contribution is 7.18. The second kappa shape index (κ2) is 12.3. The number of carbonyl (C=O) groups excluding carboxylic acids is 2. The van der Waals surface area contributed by atoms with E-state index in [-0.39, 0.29) is 35.8 Å². The number of rotatable bonds is 9. The molecular formula is C32H33F3N6O2S. The lowest BCUT2D eigenvalue weighted by Gasteiger charge is -2.33. The average Bonchev–Trinajstić information content (AvgIpc) is 3.69. The molecule has 0 spiro atoms. The quantitative estimate of drug-likeness (QED) is 0.221. The Labute approximate surface area is 257 Å². The smallest absolute Gasteiger partial charge is 0.366 e. The molecule has 44 heavy (non-hydrogen) atoms. The number of alkyl halides is 3. The van der Waals surface area contributed by atoms with Crippen molar-refractivity contribution in [2.24, 2.45) is 0 Å². The van der Waals surface area contributed by atoms with Gasteiger partial charge in [0.1, 0.15) is 12.1 Å². The van der Waals surface area contributed by atoms with Crippen molar-refractivity contribution in [1.82, 2.24) is 19.8 Å². The predicted octanol–water partition coefficient (Wildman–Crippen LogP) is 6.02. The molecule has 1 aliphatic carbocycles. The molecule has 12 heteroatoms. The number of hydrogen-bond acceptors (Lipinski definition) is 8. The second-order valence-corrected chi connectivity index (χ2v) is 12.5. The van der Waals surface area contributed by atoms with E-state index in [1.807, 2.05) is 18.9 Å². The van der Waals surface area contributed by atoms with Gasteiger partial charge in [-0.1, -0.05) is 24.3 Å². The zero-order valence-electron chi connectivity index (χ0n) is 24.5. The Morgan fingerprint density at radius 1 is 1.05 bits per heavy atom. The molecule has 1 aliphatic heterocycles. The van der Waals surface area contributed by atoms with E-state index in [0.29, 0.717) is 47.3 Å². The van der Waals surface area contributed by atoms with E-state index in [0.717, 1.165) is 42.3 Å². The van der Waals surface area contributed by atoms with Crippen LogP contribution in [0.25, 0.3) is 10.2 Å². The fraction of sp³-hybridized carbons (Fsp3) is 0.375. The highest BCUT2D eigenvalue weighted by Gasteiger charge is 2.34. The zero-order chi connectivity index (χ0) is 31.0. The number of carbonyl (C=O) groups is 2. The average molecular weight is 623 g/mol. The van der Waals surface area contributed by atoms with E-state index in [1.54, 1.807) is 29.6 Å². The molecule has 2 aromatic carbocycles. The Morgan fingerprint density at radius 3 is 2.55 bits per heavy atom. The molecule has 1 saturated carbocycles. The number of ketones is 1. The molecular weight excluding hydrogens is 589 g/mol. The van der Waals surface area contributed by atoms with E-state index >= 15 is 0 Å². The number of nitrogens with zero attached hydrogens (tertiary/aromatic N) is 4. The van der Waals surface area contributed by atoms with Crippen molar-refractivity contribution in [2.45, 2.75) is 44.9 Å². The van der Waals surface area contributed by atoms with Crippen LogP contribution in [0.2, 0.25) is 0 Å². The molecule has 2 N–H and O–H groups in total. The Morgan fingerprint density at radius 2 is 1.82 bits per heavy atom. The summed E-state index contributed by atoms with van der Waals surface area (Å²) in [6.07, 6.45) is -1.12. The summed E-state index contributed by atoms with van der Waals surface area (Å²) in [4.78, 5) is 39.4. The van der Waals surface area contributed by atoms with Gasteiger partial charge in [-0.2, -0.15) is 13.2 Å². The monoisotopic (exact) mass is 622 g/mol. The lowest BCUT2D eigenvalue weighted by Crippen LogP contribution is -2.44. The molecule has 1 amide bonds. The van der Waals surface area contributed by atoms with E-state index in [2.05, 4.69) is 25.5 Å².